The third-order valence-electron chi connectivity index (χ3n) is 6.41. The molecule has 1 saturated carbocycles. The lowest BCUT2D eigenvalue weighted by Gasteiger charge is -2.26. The Morgan fingerprint density at radius 3 is 2.81 bits per heavy atom. The number of hydrogen-bond acceptors (Lipinski definition) is 4. The van der Waals surface area contributed by atoms with Crippen molar-refractivity contribution in [2.24, 2.45) is 11.8 Å². The van der Waals surface area contributed by atoms with Gasteiger partial charge in [-0.2, -0.15) is 4.98 Å². The third kappa shape index (κ3) is 2.74. The first-order chi connectivity index (χ1) is 12.7. The van der Waals surface area contributed by atoms with E-state index in [1.807, 2.05) is 30.3 Å². The van der Waals surface area contributed by atoms with Gasteiger partial charge in [0.25, 0.3) is 5.89 Å². The molecular weight excluding hydrogens is 326 g/mol. The van der Waals surface area contributed by atoms with Gasteiger partial charge in [0.2, 0.25) is 5.91 Å². The van der Waals surface area contributed by atoms with E-state index in [1.54, 1.807) is 0 Å². The van der Waals surface area contributed by atoms with Gasteiger partial charge >= 0.3 is 0 Å². The molecule has 26 heavy (non-hydrogen) atoms. The normalized spacial score (nSPS) is 25.0. The molecule has 1 amide bonds. The summed E-state index contributed by atoms with van der Waals surface area (Å²) in [6.07, 6.45) is 5.17. The van der Waals surface area contributed by atoms with E-state index < -0.39 is 0 Å². The van der Waals surface area contributed by atoms with E-state index in [0.717, 1.165) is 50.2 Å². The Morgan fingerprint density at radius 2 is 2.08 bits per heavy atom. The van der Waals surface area contributed by atoms with Crippen molar-refractivity contribution in [3.05, 3.63) is 36.2 Å². The molecule has 2 heterocycles. The third-order valence-corrected chi connectivity index (χ3v) is 6.41. The lowest BCUT2D eigenvalue weighted by Crippen LogP contribution is -2.38. The van der Waals surface area contributed by atoms with Gasteiger partial charge < -0.3 is 9.42 Å². The van der Waals surface area contributed by atoms with Crippen molar-refractivity contribution >= 4 is 5.91 Å². The highest BCUT2D eigenvalue weighted by Gasteiger charge is 2.54. The molecule has 0 N–H and O–H groups in total. The number of amides is 1. The van der Waals surface area contributed by atoms with Crippen molar-refractivity contribution in [3.8, 4) is 11.5 Å². The Bertz CT molecular complexity index is 769. The van der Waals surface area contributed by atoms with Crippen LogP contribution in [0.5, 0.6) is 0 Å². The number of likely N-dealkylation sites (tertiary alicyclic amines) is 1. The van der Waals surface area contributed by atoms with Crippen LogP contribution in [0.4, 0.5) is 0 Å². The number of fused-ring (bicyclic) bond motifs is 1. The van der Waals surface area contributed by atoms with Gasteiger partial charge in [-0.1, -0.05) is 43.6 Å². The first kappa shape index (κ1) is 17.3. The molecule has 2 atom stereocenters. The van der Waals surface area contributed by atoms with E-state index in [-0.39, 0.29) is 11.3 Å². The lowest BCUT2D eigenvalue weighted by molar-refractivity contribution is -0.135. The Labute approximate surface area is 154 Å². The number of rotatable bonds is 5. The maximum absolute atomic E-state index is 12.9. The SMILES string of the molecule is CCC(CC)C(=O)N1C[C@H]2CCC[C@@]2(c2noc(-c3ccccc3)n2)C1. The zero-order chi connectivity index (χ0) is 18.1. The molecule has 1 aliphatic carbocycles. The van der Waals surface area contributed by atoms with E-state index in [9.17, 15) is 4.79 Å². The van der Waals surface area contributed by atoms with Gasteiger partial charge in [0, 0.05) is 24.6 Å². The summed E-state index contributed by atoms with van der Waals surface area (Å²) in [5, 5.41) is 4.36. The van der Waals surface area contributed by atoms with Crippen molar-refractivity contribution in [1.29, 1.82) is 0 Å². The van der Waals surface area contributed by atoms with Crippen molar-refractivity contribution < 1.29 is 9.32 Å². The lowest BCUT2D eigenvalue weighted by atomic mass is 9.80. The molecule has 1 aliphatic heterocycles. The number of nitrogens with zero attached hydrogens (tertiary/aromatic N) is 3. The number of carbonyl (C=O) groups excluding carboxylic acids is 1. The molecule has 4 rings (SSSR count). The predicted octanol–water partition coefficient (Wildman–Crippen LogP) is 4.05. The Morgan fingerprint density at radius 1 is 1.31 bits per heavy atom. The van der Waals surface area contributed by atoms with E-state index in [0.29, 0.717) is 17.7 Å². The summed E-state index contributed by atoms with van der Waals surface area (Å²) in [4.78, 5) is 19.7. The molecule has 2 aromatic rings. The standard InChI is InChI=1S/C21H27N3O2/c1-3-15(4-2)19(25)24-13-17-11-8-12-21(17,14-24)20-22-18(26-23-20)16-9-6-5-7-10-16/h5-7,9-10,15,17H,3-4,8,11-14H2,1-2H3/t17-,21-/m1/s1. The first-order valence-electron chi connectivity index (χ1n) is 9.86. The topological polar surface area (TPSA) is 59.2 Å². The molecule has 0 spiro atoms. The first-order valence-corrected chi connectivity index (χ1v) is 9.86. The van der Waals surface area contributed by atoms with Gasteiger partial charge in [0.05, 0.1) is 5.41 Å². The predicted molar refractivity (Wildman–Crippen MR) is 99.4 cm³/mol. The molecule has 2 aliphatic rings. The van der Waals surface area contributed by atoms with Gasteiger partial charge in [-0.05, 0) is 43.7 Å². The van der Waals surface area contributed by atoms with Gasteiger partial charge in [-0.3, -0.25) is 4.79 Å². The maximum Gasteiger partial charge on any atom is 0.257 e. The average molecular weight is 353 g/mol. The van der Waals surface area contributed by atoms with E-state index >= 15 is 0 Å². The minimum Gasteiger partial charge on any atom is -0.341 e. The number of hydrogen-bond donors (Lipinski definition) is 0. The highest BCUT2D eigenvalue weighted by Crippen LogP contribution is 2.50. The summed E-state index contributed by atoms with van der Waals surface area (Å²) in [6, 6.07) is 9.89. The second kappa shape index (κ2) is 6.86. The molecule has 1 aromatic heterocycles. The quantitative estimate of drug-likeness (QED) is 0.813. The van der Waals surface area contributed by atoms with Crippen LogP contribution < -0.4 is 0 Å². The largest absolute Gasteiger partial charge is 0.341 e. The van der Waals surface area contributed by atoms with Crippen LogP contribution in [-0.2, 0) is 10.2 Å². The second-order valence-corrected chi connectivity index (χ2v) is 7.77. The van der Waals surface area contributed by atoms with Gasteiger partial charge in [-0.15, -0.1) is 0 Å². The number of aromatic nitrogens is 2. The molecule has 5 heteroatoms. The molecular formula is C21H27N3O2. The monoisotopic (exact) mass is 353 g/mol. The zero-order valence-corrected chi connectivity index (χ0v) is 15.6. The zero-order valence-electron chi connectivity index (χ0n) is 15.6. The Hall–Kier alpha value is -2.17. The molecule has 0 radical (unpaired) electrons. The minimum atomic E-state index is -0.127. The minimum absolute atomic E-state index is 0.127. The molecule has 0 unspecified atom stereocenters. The van der Waals surface area contributed by atoms with E-state index in [4.69, 9.17) is 9.51 Å². The van der Waals surface area contributed by atoms with Crippen LogP contribution in [0.15, 0.2) is 34.9 Å². The van der Waals surface area contributed by atoms with E-state index in [2.05, 4.69) is 23.9 Å². The highest BCUT2D eigenvalue weighted by atomic mass is 16.5. The summed E-state index contributed by atoms with van der Waals surface area (Å²) >= 11 is 0. The fourth-order valence-corrected chi connectivity index (χ4v) is 4.84. The van der Waals surface area contributed by atoms with Crippen LogP contribution in [0.3, 0.4) is 0 Å². The van der Waals surface area contributed by atoms with Crippen LogP contribution >= 0.6 is 0 Å². The molecule has 0 bridgehead atoms. The fraction of sp³-hybridized carbons (Fsp3) is 0.571. The summed E-state index contributed by atoms with van der Waals surface area (Å²) in [5.41, 5.74) is 0.818. The smallest absolute Gasteiger partial charge is 0.257 e. The molecule has 1 saturated heterocycles. The van der Waals surface area contributed by atoms with Crippen molar-refractivity contribution in [1.82, 2.24) is 15.0 Å². The van der Waals surface area contributed by atoms with Gasteiger partial charge in [0.15, 0.2) is 5.82 Å². The van der Waals surface area contributed by atoms with E-state index in [1.165, 1.54) is 6.42 Å². The second-order valence-electron chi connectivity index (χ2n) is 7.77. The Balaban J connectivity index is 1.61. The maximum atomic E-state index is 12.9. The molecule has 2 fully saturated rings. The van der Waals surface area contributed by atoms with Crippen LogP contribution in [0.25, 0.3) is 11.5 Å². The van der Waals surface area contributed by atoms with Crippen LogP contribution in [0.1, 0.15) is 51.8 Å². The molecule has 1 aromatic carbocycles. The van der Waals surface area contributed by atoms with Gasteiger partial charge in [-0.25, -0.2) is 0 Å². The molecule has 5 nitrogen and oxygen atoms in total. The Kier molecular flexibility index (Phi) is 4.55. The van der Waals surface area contributed by atoms with Crippen LogP contribution in [0, 0.1) is 11.8 Å². The van der Waals surface area contributed by atoms with Gasteiger partial charge in [0.1, 0.15) is 0 Å². The van der Waals surface area contributed by atoms with Crippen molar-refractivity contribution in [2.45, 2.75) is 51.4 Å². The summed E-state index contributed by atoms with van der Waals surface area (Å²) in [5.74, 6) is 2.25. The number of benzene rings is 1. The molecule has 138 valence electrons. The van der Waals surface area contributed by atoms with Crippen molar-refractivity contribution in [2.75, 3.05) is 13.1 Å². The summed E-state index contributed by atoms with van der Waals surface area (Å²) < 4.78 is 5.59. The fourth-order valence-electron chi connectivity index (χ4n) is 4.84. The van der Waals surface area contributed by atoms with Crippen LogP contribution in [-0.4, -0.2) is 34.0 Å². The highest BCUT2D eigenvalue weighted by molar-refractivity contribution is 5.79. The van der Waals surface area contributed by atoms with Crippen LogP contribution in [0.2, 0.25) is 0 Å². The number of carbonyl (C=O) groups is 1. The average Bonchev–Trinajstić information content (AvgIpc) is 3.37. The summed E-state index contributed by atoms with van der Waals surface area (Å²) in [6.45, 7) is 5.78. The van der Waals surface area contributed by atoms with Crippen molar-refractivity contribution in [3.63, 3.8) is 0 Å². The summed E-state index contributed by atoms with van der Waals surface area (Å²) in [7, 11) is 0.